The van der Waals surface area contributed by atoms with E-state index in [9.17, 15) is 18.0 Å². The summed E-state index contributed by atoms with van der Waals surface area (Å²) in [6.07, 6.45) is -2.42. The van der Waals surface area contributed by atoms with Crippen molar-refractivity contribution in [2.24, 2.45) is 0 Å². The Hall–Kier alpha value is -2.00. The SMILES string of the molecule is O=C(N1CC(c2ccc(N3CCCC3C(F)(F)F)cc2)C1)N1CC[C@@H]2OCCN[C@@H]2C1. The van der Waals surface area contributed by atoms with E-state index in [0.29, 0.717) is 44.8 Å². The lowest BCUT2D eigenvalue weighted by molar-refractivity contribution is -0.145. The Morgan fingerprint density at radius 3 is 2.55 bits per heavy atom. The van der Waals surface area contributed by atoms with Crippen LogP contribution in [0.3, 0.4) is 0 Å². The lowest BCUT2D eigenvalue weighted by atomic mass is 9.91. The Bertz CT molecular complexity index is 797. The number of nitrogens with zero attached hydrogens (tertiary/aromatic N) is 3. The molecule has 9 heteroatoms. The fourth-order valence-corrected chi connectivity index (χ4v) is 5.35. The molecular formula is C22H29F3N4O2. The third-order valence-electron chi connectivity index (χ3n) is 7.14. The second-order valence-corrected chi connectivity index (χ2v) is 9.07. The van der Waals surface area contributed by atoms with E-state index in [0.717, 1.165) is 25.1 Å². The third-order valence-corrected chi connectivity index (χ3v) is 7.14. The maximum atomic E-state index is 13.2. The van der Waals surface area contributed by atoms with E-state index < -0.39 is 12.2 Å². The predicted molar refractivity (Wildman–Crippen MR) is 110 cm³/mol. The Labute approximate surface area is 180 Å². The summed E-state index contributed by atoms with van der Waals surface area (Å²) < 4.78 is 45.5. The molecular weight excluding hydrogens is 409 g/mol. The zero-order chi connectivity index (χ0) is 21.6. The van der Waals surface area contributed by atoms with Gasteiger partial charge >= 0.3 is 12.2 Å². The van der Waals surface area contributed by atoms with Gasteiger partial charge in [0.15, 0.2) is 0 Å². The van der Waals surface area contributed by atoms with Crippen molar-refractivity contribution in [3.05, 3.63) is 29.8 Å². The second-order valence-electron chi connectivity index (χ2n) is 9.07. The van der Waals surface area contributed by atoms with Crippen molar-refractivity contribution in [1.82, 2.24) is 15.1 Å². The summed E-state index contributed by atoms with van der Waals surface area (Å²) in [7, 11) is 0. The molecule has 4 saturated heterocycles. The van der Waals surface area contributed by atoms with Gasteiger partial charge in [-0.25, -0.2) is 4.79 Å². The molecule has 0 spiro atoms. The number of amides is 2. The number of carbonyl (C=O) groups excluding carboxylic acids is 1. The number of urea groups is 1. The van der Waals surface area contributed by atoms with Crippen molar-refractivity contribution < 1.29 is 22.7 Å². The number of hydrogen-bond acceptors (Lipinski definition) is 4. The first-order valence-electron chi connectivity index (χ1n) is 11.2. The summed E-state index contributed by atoms with van der Waals surface area (Å²) >= 11 is 0. The van der Waals surface area contributed by atoms with Gasteiger partial charge in [0, 0.05) is 50.9 Å². The van der Waals surface area contributed by atoms with Gasteiger partial charge < -0.3 is 24.8 Å². The van der Waals surface area contributed by atoms with Gasteiger partial charge in [-0.1, -0.05) is 12.1 Å². The molecule has 170 valence electrons. The van der Waals surface area contributed by atoms with Crippen molar-refractivity contribution in [2.75, 3.05) is 50.8 Å². The van der Waals surface area contributed by atoms with E-state index >= 15 is 0 Å². The number of benzene rings is 1. The smallest absolute Gasteiger partial charge is 0.375 e. The summed E-state index contributed by atoms with van der Waals surface area (Å²) in [5.41, 5.74) is 1.71. The molecule has 4 fully saturated rings. The minimum absolute atomic E-state index is 0.0729. The molecule has 0 aliphatic carbocycles. The maximum Gasteiger partial charge on any atom is 0.408 e. The standard InChI is InChI=1S/C22H29F3N4O2/c23-22(24,25)20-2-1-9-29(20)17-5-3-15(4-6-17)16-12-28(13-16)21(30)27-10-7-19-18(14-27)26-8-11-31-19/h3-6,16,18-20,26H,1-2,7-14H2/t18-,19+,20?/m1/s1. The molecule has 2 amide bonds. The summed E-state index contributed by atoms with van der Waals surface area (Å²) in [5, 5.41) is 3.44. The number of alkyl halides is 3. The van der Waals surface area contributed by atoms with Crippen LogP contribution in [0.4, 0.5) is 23.7 Å². The van der Waals surface area contributed by atoms with Gasteiger partial charge in [0.2, 0.25) is 0 Å². The molecule has 4 heterocycles. The van der Waals surface area contributed by atoms with Crippen LogP contribution in [0.1, 0.15) is 30.7 Å². The van der Waals surface area contributed by atoms with E-state index in [4.69, 9.17) is 4.74 Å². The Balaban J connectivity index is 1.15. The molecule has 0 bridgehead atoms. The van der Waals surface area contributed by atoms with Gasteiger partial charge in [0.25, 0.3) is 0 Å². The van der Waals surface area contributed by atoms with Crippen LogP contribution >= 0.6 is 0 Å². The average Bonchev–Trinajstić information content (AvgIpc) is 3.23. The fourth-order valence-electron chi connectivity index (χ4n) is 5.35. The zero-order valence-corrected chi connectivity index (χ0v) is 17.5. The van der Waals surface area contributed by atoms with Crippen LogP contribution in [0.15, 0.2) is 24.3 Å². The van der Waals surface area contributed by atoms with Crippen LogP contribution in [-0.2, 0) is 4.74 Å². The Morgan fingerprint density at radius 2 is 1.81 bits per heavy atom. The number of halogens is 3. The molecule has 1 aromatic rings. The highest BCUT2D eigenvalue weighted by molar-refractivity contribution is 5.76. The van der Waals surface area contributed by atoms with Gasteiger partial charge in [-0.2, -0.15) is 13.2 Å². The summed E-state index contributed by atoms with van der Waals surface area (Å²) in [6.45, 7) is 4.70. The molecule has 4 aliphatic rings. The van der Waals surface area contributed by atoms with Crippen LogP contribution < -0.4 is 10.2 Å². The zero-order valence-electron chi connectivity index (χ0n) is 17.5. The van der Waals surface area contributed by atoms with E-state index in [1.807, 2.05) is 21.9 Å². The third kappa shape index (κ3) is 4.09. The number of likely N-dealkylation sites (tertiary alicyclic amines) is 2. The van der Waals surface area contributed by atoms with Crippen molar-refractivity contribution in [3.8, 4) is 0 Å². The summed E-state index contributed by atoms with van der Waals surface area (Å²) in [6, 6.07) is 6.33. The first kappa shape index (κ1) is 20.9. The number of hydrogen-bond donors (Lipinski definition) is 1. The van der Waals surface area contributed by atoms with Gasteiger partial charge in [0.05, 0.1) is 18.8 Å². The van der Waals surface area contributed by atoms with Crippen molar-refractivity contribution in [3.63, 3.8) is 0 Å². The van der Waals surface area contributed by atoms with E-state index in [2.05, 4.69) is 5.32 Å². The number of ether oxygens (including phenoxy) is 1. The van der Waals surface area contributed by atoms with Crippen LogP contribution in [0.2, 0.25) is 0 Å². The minimum Gasteiger partial charge on any atom is -0.375 e. The quantitative estimate of drug-likeness (QED) is 0.772. The van der Waals surface area contributed by atoms with Crippen LogP contribution in [-0.4, -0.2) is 86.1 Å². The first-order valence-corrected chi connectivity index (χ1v) is 11.2. The monoisotopic (exact) mass is 438 g/mol. The highest BCUT2D eigenvalue weighted by Gasteiger charge is 2.46. The van der Waals surface area contributed by atoms with Crippen LogP contribution in [0.5, 0.6) is 0 Å². The number of rotatable bonds is 2. The molecule has 3 atom stereocenters. The maximum absolute atomic E-state index is 13.2. The van der Waals surface area contributed by atoms with Crippen molar-refractivity contribution in [1.29, 1.82) is 0 Å². The van der Waals surface area contributed by atoms with Gasteiger partial charge in [-0.15, -0.1) is 0 Å². The molecule has 4 aliphatic heterocycles. The number of anilines is 1. The predicted octanol–water partition coefficient (Wildman–Crippen LogP) is 2.80. The average molecular weight is 438 g/mol. The largest absolute Gasteiger partial charge is 0.408 e. The molecule has 31 heavy (non-hydrogen) atoms. The van der Waals surface area contributed by atoms with Crippen LogP contribution in [0, 0.1) is 0 Å². The van der Waals surface area contributed by atoms with E-state index in [-0.39, 0.29) is 30.5 Å². The number of morpholine rings is 1. The van der Waals surface area contributed by atoms with Crippen molar-refractivity contribution in [2.45, 2.75) is 49.5 Å². The molecule has 5 rings (SSSR count). The van der Waals surface area contributed by atoms with E-state index in [1.54, 1.807) is 12.1 Å². The topological polar surface area (TPSA) is 48.1 Å². The second kappa shape index (κ2) is 8.16. The highest BCUT2D eigenvalue weighted by atomic mass is 19.4. The fraction of sp³-hybridized carbons (Fsp3) is 0.682. The van der Waals surface area contributed by atoms with Gasteiger partial charge in [-0.05, 0) is 37.0 Å². The molecule has 0 saturated carbocycles. The molecule has 6 nitrogen and oxygen atoms in total. The number of carbonyl (C=O) groups is 1. The highest BCUT2D eigenvalue weighted by Crippen LogP contribution is 2.37. The Morgan fingerprint density at radius 1 is 1.03 bits per heavy atom. The Kier molecular flexibility index (Phi) is 5.50. The molecule has 0 aromatic heterocycles. The van der Waals surface area contributed by atoms with Crippen molar-refractivity contribution >= 4 is 11.7 Å². The van der Waals surface area contributed by atoms with E-state index in [1.165, 1.54) is 4.90 Å². The molecule has 0 radical (unpaired) electrons. The molecule has 1 aromatic carbocycles. The minimum atomic E-state index is -4.20. The van der Waals surface area contributed by atoms with Gasteiger partial charge in [0.1, 0.15) is 6.04 Å². The number of piperidine rings is 1. The lowest BCUT2D eigenvalue weighted by Gasteiger charge is -2.46. The van der Waals surface area contributed by atoms with Gasteiger partial charge in [-0.3, -0.25) is 0 Å². The number of fused-ring (bicyclic) bond motifs is 1. The lowest BCUT2D eigenvalue weighted by Crippen LogP contribution is -2.62. The summed E-state index contributed by atoms with van der Waals surface area (Å²) in [4.78, 5) is 18.1. The molecule has 1 unspecified atom stereocenters. The normalized spacial score (nSPS) is 29.6. The first-order chi connectivity index (χ1) is 14.9. The summed E-state index contributed by atoms with van der Waals surface area (Å²) in [5.74, 6) is 0.240. The number of nitrogens with one attached hydrogen (secondary N) is 1. The van der Waals surface area contributed by atoms with Crippen LogP contribution in [0.25, 0.3) is 0 Å². The molecule has 1 N–H and O–H groups in total.